The summed E-state index contributed by atoms with van der Waals surface area (Å²) in [4.78, 5) is 29.6. The van der Waals surface area contributed by atoms with Crippen molar-refractivity contribution in [2.75, 3.05) is 13.1 Å². The van der Waals surface area contributed by atoms with Crippen molar-refractivity contribution in [1.29, 1.82) is 0 Å². The molecule has 3 rings (SSSR count). The van der Waals surface area contributed by atoms with Crippen molar-refractivity contribution < 1.29 is 9.59 Å². The molecule has 0 saturated carbocycles. The number of carbonyl (C=O) groups excluding carboxylic acids is 2. The Hall–Kier alpha value is -2.93. The molecule has 1 aliphatic heterocycles. The maximum atomic E-state index is 12.4. The normalized spacial score (nSPS) is 15.3. The summed E-state index contributed by atoms with van der Waals surface area (Å²) >= 11 is 0. The number of pyridine rings is 1. The minimum atomic E-state index is -0.563. The van der Waals surface area contributed by atoms with Crippen LogP contribution < -0.4 is 16.4 Å². The summed E-state index contributed by atoms with van der Waals surface area (Å²) < 4.78 is 0. The Bertz CT molecular complexity index is 756. The minimum absolute atomic E-state index is 0.0583. The van der Waals surface area contributed by atoms with Crippen LogP contribution in [0.3, 0.4) is 0 Å². The molecule has 4 N–H and O–H groups in total. The average molecular weight is 367 g/mol. The van der Waals surface area contributed by atoms with Crippen molar-refractivity contribution in [3.63, 3.8) is 0 Å². The lowest BCUT2D eigenvalue weighted by Gasteiger charge is -2.32. The summed E-state index contributed by atoms with van der Waals surface area (Å²) in [7, 11) is 0. The predicted molar refractivity (Wildman–Crippen MR) is 103 cm³/mol. The highest BCUT2D eigenvalue weighted by atomic mass is 16.2. The quantitative estimate of drug-likeness (QED) is 0.723. The maximum absolute atomic E-state index is 12.4. The summed E-state index contributed by atoms with van der Waals surface area (Å²) in [5.41, 5.74) is 7.84. The Morgan fingerprint density at radius 3 is 2.33 bits per heavy atom. The number of hydrogen-bond donors (Lipinski definition) is 3. The van der Waals surface area contributed by atoms with Crippen molar-refractivity contribution in [2.24, 2.45) is 5.73 Å². The fourth-order valence-corrected chi connectivity index (χ4v) is 3.21. The molecule has 1 aliphatic rings. The number of likely N-dealkylation sites (tertiary alicyclic amines) is 1. The van der Waals surface area contributed by atoms with Gasteiger partial charge in [0.05, 0.1) is 0 Å². The molecule has 142 valence electrons. The molecule has 1 aromatic heterocycles. The number of piperidine rings is 1. The Labute approximate surface area is 159 Å². The van der Waals surface area contributed by atoms with Gasteiger partial charge in [-0.2, -0.15) is 0 Å². The Balaban J connectivity index is 1.44. The van der Waals surface area contributed by atoms with E-state index in [0.29, 0.717) is 12.1 Å². The van der Waals surface area contributed by atoms with Gasteiger partial charge >= 0.3 is 6.03 Å². The third-order valence-corrected chi connectivity index (χ3v) is 4.76. The zero-order valence-corrected chi connectivity index (χ0v) is 15.2. The van der Waals surface area contributed by atoms with E-state index >= 15 is 0 Å². The fraction of sp³-hybridized carbons (Fsp3) is 0.350. The lowest BCUT2D eigenvalue weighted by molar-refractivity contribution is 0.0909. The molecule has 7 heteroatoms. The molecule has 0 atom stereocenters. The number of nitrogens with two attached hydrogens (primary N) is 1. The molecule has 1 saturated heterocycles. The number of nitrogens with zero attached hydrogens (tertiary/aromatic N) is 2. The van der Waals surface area contributed by atoms with Gasteiger partial charge in [0.15, 0.2) is 0 Å². The number of primary amides is 1. The van der Waals surface area contributed by atoms with Gasteiger partial charge in [0.1, 0.15) is 0 Å². The second-order valence-electron chi connectivity index (χ2n) is 6.79. The first kappa shape index (κ1) is 18.8. The van der Waals surface area contributed by atoms with E-state index in [0.717, 1.165) is 38.0 Å². The van der Waals surface area contributed by atoms with Crippen LogP contribution in [0.4, 0.5) is 4.79 Å². The van der Waals surface area contributed by atoms with Gasteiger partial charge in [-0.15, -0.1) is 0 Å². The zero-order valence-electron chi connectivity index (χ0n) is 15.2. The van der Waals surface area contributed by atoms with Crippen LogP contribution in [-0.2, 0) is 13.1 Å². The number of hydrogen-bond acceptors (Lipinski definition) is 4. The van der Waals surface area contributed by atoms with Gasteiger partial charge in [0.25, 0.3) is 5.91 Å². The molecule has 0 aliphatic carbocycles. The van der Waals surface area contributed by atoms with Crippen LogP contribution >= 0.6 is 0 Å². The van der Waals surface area contributed by atoms with Crippen molar-refractivity contribution >= 4 is 11.9 Å². The monoisotopic (exact) mass is 367 g/mol. The molecule has 7 nitrogen and oxygen atoms in total. The standard InChI is InChI=1S/C20H25N5O2/c21-20(27)23-13-15-1-3-17(4-2-15)19(26)24-18-7-11-25(12-8-18)14-16-5-9-22-10-6-16/h1-6,9-10,18H,7-8,11-14H2,(H,24,26)(H3,21,23,27). The Morgan fingerprint density at radius 2 is 1.70 bits per heavy atom. The zero-order chi connectivity index (χ0) is 19.1. The third kappa shape index (κ3) is 5.79. The van der Waals surface area contributed by atoms with Crippen LogP contribution in [0.2, 0.25) is 0 Å². The summed E-state index contributed by atoms with van der Waals surface area (Å²) in [6.45, 7) is 3.20. The molecular formula is C20H25N5O2. The first-order chi connectivity index (χ1) is 13.1. The van der Waals surface area contributed by atoms with E-state index in [1.165, 1.54) is 5.56 Å². The first-order valence-electron chi connectivity index (χ1n) is 9.14. The van der Waals surface area contributed by atoms with E-state index in [2.05, 4.69) is 20.5 Å². The molecular weight excluding hydrogens is 342 g/mol. The lowest BCUT2D eigenvalue weighted by Crippen LogP contribution is -2.44. The van der Waals surface area contributed by atoms with Gasteiger partial charge in [0, 0.05) is 50.2 Å². The first-order valence-corrected chi connectivity index (χ1v) is 9.14. The molecule has 27 heavy (non-hydrogen) atoms. The molecule has 3 amide bonds. The van der Waals surface area contributed by atoms with Gasteiger partial charge in [-0.3, -0.25) is 14.7 Å². The van der Waals surface area contributed by atoms with Crippen LogP contribution in [-0.4, -0.2) is 41.0 Å². The average Bonchev–Trinajstić information content (AvgIpc) is 2.69. The Morgan fingerprint density at radius 1 is 1.04 bits per heavy atom. The second-order valence-corrected chi connectivity index (χ2v) is 6.79. The van der Waals surface area contributed by atoms with Crippen LogP contribution in [0, 0.1) is 0 Å². The third-order valence-electron chi connectivity index (χ3n) is 4.76. The number of amides is 3. The molecule has 0 radical (unpaired) electrons. The molecule has 1 fully saturated rings. The minimum Gasteiger partial charge on any atom is -0.352 e. The smallest absolute Gasteiger partial charge is 0.312 e. The second kappa shape index (κ2) is 9.14. The molecule has 2 heterocycles. The Kier molecular flexibility index (Phi) is 6.38. The van der Waals surface area contributed by atoms with Gasteiger partial charge in [0.2, 0.25) is 0 Å². The summed E-state index contributed by atoms with van der Waals surface area (Å²) in [5.74, 6) is -0.0583. The summed E-state index contributed by atoms with van der Waals surface area (Å²) in [5, 5.41) is 5.65. The highest BCUT2D eigenvalue weighted by molar-refractivity contribution is 5.94. The number of urea groups is 1. The number of carbonyl (C=O) groups is 2. The predicted octanol–water partition coefficient (Wildman–Crippen LogP) is 1.64. The van der Waals surface area contributed by atoms with Gasteiger partial charge < -0.3 is 16.4 Å². The number of benzene rings is 1. The van der Waals surface area contributed by atoms with E-state index in [1.54, 1.807) is 12.1 Å². The van der Waals surface area contributed by atoms with E-state index in [9.17, 15) is 9.59 Å². The number of aromatic nitrogens is 1. The number of rotatable bonds is 6. The van der Waals surface area contributed by atoms with Crippen LogP contribution in [0.25, 0.3) is 0 Å². The highest BCUT2D eigenvalue weighted by Gasteiger charge is 2.21. The summed E-state index contributed by atoms with van der Waals surface area (Å²) in [6.07, 6.45) is 5.52. The highest BCUT2D eigenvalue weighted by Crippen LogP contribution is 2.14. The molecule has 1 aromatic carbocycles. The van der Waals surface area contributed by atoms with Crippen molar-refractivity contribution in [3.8, 4) is 0 Å². The van der Waals surface area contributed by atoms with E-state index in [1.807, 2.05) is 36.7 Å². The lowest BCUT2D eigenvalue weighted by atomic mass is 10.0. The van der Waals surface area contributed by atoms with E-state index < -0.39 is 6.03 Å². The molecule has 2 aromatic rings. The van der Waals surface area contributed by atoms with Gasteiger partial charge in [-0.1, -0.05) is 12.1 Å². The molecule has 0 bridgehead atoms. The van der Waals surface area contributed by atoms with Gasteiger partial charge in [-0.05, 0) is 48.2 Å². The largest absolute Gasteiger partial charge is 0.352 e. The topological polar surface area (TPSA) is 100 Å². The van der Waals surface area contributed by atoms with Crippen LogP contribution in [0.15, 0.2) is 48.8 Å². The van der Waals surface area contributed by atoms with Crippen LogP contribution in [0.1, 0.15) is 34.3 Å². The summed E-state index contributed by atoms with van der Waals surface area (Å²) in [6, 6.07) is 10.9. The SMILES string of the molecule is NC(=O)NCc1ccc(C(=O)NC2CCN(Cc3ccncc3)CC2)cc1. The molecule has 0 unspecified atom stereocenters. The fourth-order valence-electron chi connectivity index (χ4n) is 3.21. The molecule has 0 spiro atoms. The maximum Gasteiger partial charge on any atom is 0.312 e. The van der Waals surface area contributed by atoms with Crippen molar-refractivity contribution in [2.45, 2.75) is 32.0 Å². The van der Waals surface area contributed by atoms with E-state index in [4.69, 9.17) is 5.73 Å². The van der Waals surface area contributed by atoms with Crippen molar-refractivity contribution in [3.05, 3.63) is 65.5 Å². The van der Waals surface area contributed by atoms with Crippen molar-refractivity contribution in [1.82, 2.24) is 20.5 Å². The van der Waals surface area contributed by atoms with Gasteiger partial charge in [-0.25, -0.2) is 4.79 Å². The number of nitrogens with one attached hydrogen (secondary N) is 2. The van der Waals surface area contributed by atoms with Crippen LogP contribution in [0.5, 0.6) is 0 Å². The van der Waals surface area contributed by atoms with E-state index in [-0.39, 0.29) is 11.9 Å².